The molecule has 0 saturated carbocycles. The van der Waals surface area contributed by atoms with Crippen molar-refractivity contribution in [2.45, 2.75) is 52.5 Å². The maximum Gasteiger partial charge on any atom is 0.0294 e. The van der Waals surface area contributed by atoms with Gasteiger partial charge in [-0.1, -0.05) is 36.6 Å². The van der Waals surface area contributed by atoms with Crippen LogP contribution < -0.4 is 5.32 Å². The second-order valence-corrected chi connectivity index (χ2v) is 6.29. The van der Waals surface area contributed by atoms with Gasteiger partial charge < -0.3 is 10.2 Å². The Labute approximate surface area is 124 Å². The van der Waals surface area contributed by atoms with Gasteiger partial charge in [-0.3, -0.25) is 0 Å². The Kier molecular flexibility index (Phi) is 6.06. The first-order valence-corrected chi connectivity index (χ1v) is 8.19. The quantitative estimate of drug-likeness (QED) is 0.878. The maximum absolute atomic E-state index is 3.69. The summed E-state index contributed by atoms with van der Waals surface area (Å²) in [7, 11) is 0. The van der Waals surface area contributed by atoms with Gasteiger partial charge >= 0.3 is 0 Å². The minimum Gasteiger partial charge on any atom is -0.309 e. The Balaban J connectivity index is 1.78. The highest BCUT2D eigenvalue weighted by Gasteiger charge is 2.11. The number of hydrogen-bond donors (Lipinski definition) is 1. The summed E-state index contributed by atoms with van der Waals surface area (Å²) in [5.41, 5.74) is 4.19. The maximum atomic E-state index is 3.69. The number of hydrogen-bond acceptors (Lipinski definition) is 2. The van der Waals surface area contributed by atoms with E-state index in [0.717, 1.165) is 6.54 Å². The zero-order valence-corrected chi connectivity index (χ0v) is 13.4. The van der Waals surface area contributed by atoms with Crippen LogP contribution in [0.4, 0.5) is 0 Å². The molecule has 1 N–H and O–H groups in total. The monoisotopic (exact) mass is 274 g/mol. The average Bonchev–Trinajstić information content (AvgIpc) is 2.67. The van der Waals surface area contributed by atoms with Crippen LogP contribution in [0.3, 0.4) is 0 Å². The van der Waals surface area contributed by atoms with Crippen LogP contribution in [-0.4, -0.2) is 31.1 Å². The largest absolute Gasteiger partial charge is 0.309 e. The van der Waals surface area contributed by atoms with Gasteiger partial charge in [0, 0.05) is 19.1 Å². The third-order valence-electron chi connectivity index (χ3n) is 4.47. The smallest absolute Gasteiger partial charge is 0.0294 e. The Bertz CT molecular complexity index is 406. The molecule has 2 heteroatoms. The Morgan fingerprint density at radius 1 is 1.10 bits per heavy atom. The predicted molar refractivity (Wildman–Crippen MR) is 87.2 cm³/mol. The number of nitrogens with one attached hydrogen (secondary N) is 1. The molecule has 2 rings (SSSR count). The van der Waals surface area contributed by atoms with E-state index >= 15 is 0 Å². The molecule has 1 aromatic rings. The van der Waals surface area contributed by atoms with Gasteiger partial charge in [-0.2, -0.15) is 0 Å². The fraction of sp³-hybridized carbons (Fsp3) is 0.667. The van der Waals surface area contributed by atoms with Gasteiger partial charge in [0.25, 0.3) is 0 Å². The van der Waals surface area contributed by atoms with Crippen LogP contribution in [0.2, 0.25) is 0 Å². The van der Waals surface area contributed by atoms with Gasteiger partial charge in [-0.25, -0.2) is 0 Å². The molecule has 0 amide bonds. The minimum atomic E-state index is 0.447. The van der Waals surface area contributed by atoms with Crippen LogP contribution >= 0.6 is 0 Å². The van der Waals surface area contributed by atoms with Crippen molar-refractivity contribution in [3.05, 3.63) is 34.9 Å². The molecule has 1 heterocycles. The third-order valence-corrected chi connectivity index (χ3v) is 4.47. The van der Waals surface area contributed by atoms with Crippen molar-refractivity contribution >= 4 is 0 Å². The van der Waals surface area contributed by atoms with E-state index in [1.165, 1.54) is 62.0 Å². The van der Waals surface area contributed by atoms with Gasteiger partial charge in [0.1, 0.15) is 0 Å². The van der Waals surface area contributed by atoms with Crippen LogP contribution in [0.25, 0.3) is 0 Å². The normalized spacial score (nSPS) is 18.8. The summed E-state index contributed by atoms with van der Waals surface area (Å²) < 4.78 is 0. The third kappa shape index (κ3) is 4.60. The van der Waals surface area contributed by atoms with Crippen molar-refractivity contribution in [3.63, 3.8) is 0 Å². The first kappa shape index (κ1) is 15.5. The van der Waals surface area contributed by atoms with Crippen LogP contribution in [-0.2, 0) is 0 Å². The van der Waals surface area contributed by atoms with Crippen molar-refractivity contribution in [1.29, 1.82) is 0 Å². The van der Waals surface area contributed by atoms with Crippen molar-refractivity contribution in [2.75, 3.05) is 26.2 Å². The number of aryl methyl sites for hydroxylation is 2. The Morgan fingerprint density at radius 2 is 1.80 bits per heavy atom. The van der Waals surface area contributed by atoms with E-state index in [-0.39, 0.29) is 0 Å². The molecule has 1 atom stereocenters. The lowest BCUT2D eigenvalue weighted by atomic mass is 10.0. The molecule has 20 heavy (non-hydrogen) atoms. The molecule has 1 fully saturated rings. The molecule has 2 nitrogen and oxygen atoms in total. The van der Waals surface area contributed by atoms with Gasteiger partial charge in [-0.05, 0) is 57.8 Å². The highest BCUT2D eigenvalue weighted by Crippen LogP contribution is 2.18. The lowest BCUT2D eigenvalue weighted by molar-refractivity contribution is 0.280. The highest BCUT2D eigenvalue weighted by atomic mass is 15.1. The van der Waals surface area contributed by atoms with Crippen LogP contribution in [0.1, 0.15) is 55.3 Å². The lowest BCUT2D eigenvalue weighted by Crippen LogP contribution is -2.34. The molecule has 0 aliphatic carbocycles. The molecule has 0 spiro atoms. The zero-order chi connectivity index (χ0) is 14.4. The van der Waals surface area contributed by atoms with Crippen LogP contribution in [0, 0.1) is 13.8 Å². The predicted octanol–water partition coefficient (Wildman–Crippen LogP) is 3.83. The SMILES string of the molecule is Cc1ccc(C(C)NCCN2CCCCCC2)c(C)c1. The van der Waals surface area contributed by atoms with Gasteiger partial charge in [0.15, 0.2) is 0 Å². The standard InChI is InChI=1S/C18H30N2/c1-15-8-9-18(16(2)14-15)17(3)19-10-13-20-11-6-4-5-7-12-20/h8-9,14,17,19H,4-7,10-13H2,1-3H3. The summed E-state index contributed by atoms with van der Waals surface area (Å²) >= 11 is 0. The summed E-state index contributed by atoms with van der Waals surface area (Å²) in [6.45, 7) is 11.5. The second-order valence-electron chi connectivity index (χ2n) is 6.29. The molecule has 1 aliphatic rings. The highest BCUT2D eigenvalue weighted by molar-refractivity contribution is 5.32. The first-order chi connectivity index (χ1) is 9.66. The molecule has 112 valence electrons. The van der Waals surface area contributed by atoms with Crippen molar-refractivity contribution in [3.8, 4) is 0 Å². The summed E-state index contributed by atoms with van der Waals surface area (Å²) in [5, 5.41) is 3.69. The topological polar surface area (TPSA) is 15.3 Å². The van der Waals surface area contributed by atoms with Crippen LogP contribution in [0.5, 0.6) is 0 Å². The number of rotatable bonds is 5. The number of nitrogens with zero attached hydrogens (tertiary/aromatic N) is 1. The number of benzene rings is 1. The van der Waals surface area contributed by atoms with E-state index in [0.29, 0.717) is 6.04 Å². The summed E-state index contributed by atoms with van der Waals surface area (Å²) in [6, 6.07) is 7.22. The molecular weight excluding hydrogens is 244 g/mol. The fourth-order valence-electron chi connectivity index (χ4n) is 3.22. The first-order valence-electron chi connectivity index (χ1n) is 8.19. The van der Waals surface area contributed by atoms with Gasteiger partial charge in [-0.15, -0.1) is 0 Å². The minimum absolute atomic E-state index is 0.447. The van der Waals surface area contributed by atoms with Gasteiger partial charge in [0.2, 0.25) is 0 Å². The summed E-state index contributed by atoms with van der Waals surface area (Å²) in [4.78, 5) is 2.62. The van der Waals surface area contributed by atoms with E-state index in [1.807, 2.05) is 0 Å². The van der Waals surface area contributed by atoms with Crippen molar-refractivity contribution < 1.29 is 0 Å². The lowest BCUT2D eigenvalue weighted by Gasteiger charge is -2.22. The number of likely N-dealkylation sites (tertiary alicyclic amines) is 1. The van der Waals surface area contributed by atoms with E-state index in [9.17, 15) is 0 Å². The summed E-state index contributed by atoms with van der Waals surface area (Å²) in [6.07, 6.45) is 5.60. The van der Waals surface area contributed by atoms with Crippen LogP contribution in [0.15, 0.2) is 18.2 Å². The summed E-state index contributed by atoms with van der Waals surface area (Å²) in [5.74, 6) is 0. The molecule has 1 aliphatic heterocycles. The second kappa shape index (κ2) is 7.80. The van der Waals surface area contributed by atoms with E-state index in [1.54, 1.807) is 0 Å². The molecule has 0 aromatic heterocycles. The Hall–Kier alpha value is -0.860. The van der Waals surface area contributed by atoms with Crippen molar-refractivity contribution in [2.24, 2.45) is 0 Å². The van der Waals surface area contributed by atoms with E-state index < -0.39 is 0 Å². The molecular formula is C18H30N2. The van der Waals surface area contributed by atoms with E-state index in [4.69, 9.17) is 0 Å². The molecule has 0 bridgehead atoms. The average molecular weight is 274 g/mol. The molecule has 1 aromatic carbocycles. The van der Waals surface area contributed by atoms with Crippen molar-refractivity contribution in [1.82, 2.24) is 10.2 Å². The molecule has 1 saturated heterocycles. The Morgan fingerprint density at radius 3 is 2.45 bits per heavy atom. The molecule has 1 unspecified atom stereocenters. The fourth-order valence-corrected chi connectivity index (χ4v) is 3.22. The molecule has 0 radical (unpaired) electrons. The zero-order valence-electron chi connectivity index (χ0n) is 13.4. The van der Waals surface area contributed by atoms with E-state index in [2.05, 4.69) is 49.2 Å². The van der Waals surface area contributed by atoms with Gasteiger partial charge in [0.05, 0.1) is 0 Å².